The van der Waals surface area contributed by atoms with Crippen molar-refractivity contribution >= 4 is 6.03 Å². The molecule has 6 heteroatoms. The zero-order valence-corrected chi connectivity index (χ0v) is 15.2. The Hall–Kier alpha value is -2.34. The molecule has 1 atom stereocenters. The number of urea groups is 1. The lowest BCUT2D eigenvalue weighted by Gasteiger charge is -2.26. The van der Waals surface area contributed by atoms with Gasteiger partial charge in [-0.1, -0.05) is 38.1 Å². The Morgan fingerprint density at radius 2 is 2.08 bits per heavy atom. The number of aliphatic hydroxyl groups is 1. The summed E-state index contributed by atoms with van der Waals surface area (Å²) in [6.07, 6.45) is 5.73. The predicted molar refractivity (Wildman–Crippen MR) is 98.1 cm³/mol. The van der Waals surface area contributed by atoms with Gasteiger partial charge in [0.25, 0.3) is 0 Å². The van der Waals surface area contributed by atoms with Crippen molar-refractivity contribution in [2.45, 2.75) is 46.4 Å². The molecule has 0 saturated carbocycles. The van der Waals surface area contributed by atoms with E-state index < -0.39 is 0 Å². The normalized spacial score (nSPS) is 12.6. The zero-order chi connectivity index (χ0) is 18.3. The van der Waals surface area contributed by atoms with E-state index in [1.807, 2.05) is 36.7 Å². The van der Waals surface area contributed by atoms with Gasteiger partial charge in [0.1, 0.15) is 0 Å². The van der Waals surface area contributed by atoms with Gasteiger partial charge in [-0.05, 0) is 29.9 Å². The molecule has 3 N–H and O–H groups in total. The lowest BCUT2D eigenvalue weighted by molar-refractivity contribution is 0.129. The van der Waals surface area contributed by atoms with E-state index in [9.17, 15) is 9.90 Å². The Bertz CT molecular complexity index is 666. The molecule has 1 heterocycles. The zero-order valence-electron chi connectivity index (χ0n) is 15.2. The molecule has 136 valence electrons. The fourth-order valence-electron chi connectivity index (χ4n) is 2.87. The molecule has 2 rings (SSSR count). The number of imidazole rings is 1. The second-order valence-corrected chi connectivity index (χ2v) is 7.31. The molecule has 0 spiro atoms. The van der Waals surface area contributed by atoms with E-state index in [-0.39, 0.29) is 17.6 Å². The number of hydrogen-bond acceptors (Lipinski definition) is 3. The molecule has 1 aromatic carbocycles. The molecular formula is C19H28N4O2. The first-order valence-corrected chi connectivity index (χ1v) is 8.57. The first-order chi connectivity index (χ1) is 11.8. The van der Waals surface area contributed by atoms with Gasteiger partial charge < -0.3 is 20.3 Å². The number of carbonyl (C=O) groups excluding carboxylic acids is 1. The Kier molecular flexibility index (Phi) is 6.58. The van der Waals surface area contributed by atoms with E-state index in [0.717, 1.165) is 17.7 Å². The molecule has 0 fully saturated rings. The van der Waals surface area contributed by atoms with Crippen LogP contribution in [0.3, 0.4) is 0 Å². The Morgan fingerprint density at radius 3 is 2.76 bits per heavy atom. The topological polar surface area (TPSA) is 79.2 Å². The smallest absolute Gasteiger partial charge is 0.315 e. The minimum Gasteiger partial charge on any atom is -0.393 e. The molecule has 6 nitrogen and oxygen atoms in total. The van der Waals surface area contributed by atoms with Crippen LogP contribution in [0.15, 0.2) is 43.0 Å². The van der Waals surface area contributed by atoms with Crippen LogP contribution >= 0.6 is 0 Å². The van der Waals surface area contributed by atoms with E-state index in [0.29, 0.717) is 19.5 Å². The molecule has 2 amide bonds. The van der Waals surface area contributed by atoms with Crippen LogP contribution in [0.1, 0.15) is 38.3 Å². The SMILES string of the molecule is CC(O)CC(C)(C)CNC(=O)NCc1cccc(Cn2ccnc2)c1. The molecule has 0 aliphatic rings. The number of nitrogens with one attached hydrogen (secondary N) is 2. The molecular weight excluding hydrogens is 316 g/mol. The number of aliphatic hydroxyl groups excluding tert-OH is 1. The van der Waals surface area contributed by atoms with Crippen molar-refractivity contribution in [3.05, 3.63) is 54.1 Å². The van der Waals surface area contributed by atoms with Crippen molar-refractivity contribution in [2.75, 3.05) is 6.54 Å². The number of hydrogen-bond donors (Lipinski definition) is 3. The molecule has 1 aromatic heterocycles. The minimum absolute atomic E-state index is 0.143. The van der Waals surface area contributed by atoms with E-state index in [1.54, 1.807) is 19.4 Å². The summed E-state index contributed by atoms with van der Waals surface area (Å²) in [5.74, 6) is 0. The molecule has 2 aromatic rings. The minimum atomic E-state index is -0.377. The van der Waals surface area contributed by atoms with Gasteiger partial charge in [0.2, 0.25) is 0 Å². The van der Waals surface area contributed by atoms with Crippen LogP contribution in [-0.2, 0) is 13.1 Å². The second kappa shape index (κ2) is 8.67. The first-order valence-electron chi connectivity index (χ1n) is 8.57. The molecule has 0 aliphatic carbocycles. The number of rotatable bonds is 8. The van der Waals surface area contributed by atoms with Crippen LogP contribution in [0.25, 0.3) is 0 Å². The van der Waals surface area contributed by atoms with Crippen molar-refractivity contribution in [2.24, 2.45) is 5.41 Å². The summed E-state index contributed by atoms with van der Waals surface area (Å²) in [5.41, 5.74) is 2.07. The lowest BCUT2D eigenvalue weighted by atomic mass is 9.87. The maximum absolute atomic E-state index is 12.0. The average Bonchev–Trinajstić information content (AvgIpc) is 3.03. The highest BCUT2D eigenvalue weighted by Gasteiger charge is 2.20. The summed E-state index contributed by atoms with van der Waals surface area (Å²) in [7, 11) is 0. The third kappa shape index (κ3) is 6.97. The maximum atomic E-state index is 12.0. The highest BCUT2D eigenvalue weighted by atomic mass is 16.3. The van der Waals surface area contributed by atoms with Crippen molar-refractivity contribution in [1.29, 1.82) is 0 Å². The number of amides is 2. The van der Waals surface area contributed by atoms with Gasteiger partial charge >= 0.3 is 6.03 Å². The Labute approximate surface area is 149 Å². The van der Waals surface area contributed by atoms with Crippen LogP contribution in [0.4, 0.5) is 4.79 Å². The van der Waals surface area contributed by atoms with Crippen molar-refractivity contribution in [3.8, 4) is 0 Å². The Balaban J connectivity index is 1.79. The molecule has 0 radical (unpaired) electrons. The van der Waals surface area contributed by atoms with Gasteiger partial charge in [-0.3, -0.25) is 0 Å². The maximum Gasteiger partial charge on any atom is 0.315 e. The van der Waals surface area contributed by atoms with Crippen LogP contribution < -0.4 is 10.6 Å². The fourth-order valence-corrected chi connectivity index (χ4v) is 2.87. The summed E-state index contributed by atoms with van der Waals surface area (Å²) in [4.78, 5) is 16.0. The molecule has 0 saturated heterocycles. The van der Waals surface area contributed by atoms with E-state index in [2.05, 4.69) is 27.8 Å². The second-order valence-electron chi connectivity index (χ2n) is 7.31. The van der Waals surface area contributed by atoms with E-state index >= 15 is 0 Å². The summed E-state index contributed by atoms with van der Waals surface area (Å²) in [6.45, 7) is 7.57. The monoisotopic (exact) mass is 344 g/mol. The van der Waals surface area contributed by atoms with Gasteiger partial charge in [0, 0.05) is 32.0 Å². The van der Waals surface area contributed by atoms with Crippen molar-refractivity contribution in [3.63, 3.8) is 0 Å². The lowest BCUT2D eigenvalue weighted by Crippen LogP contribution is -2.41. The largest absolute Gasteiger partial charge is 0.393 e. The third-order valence-electron chi connectivity index (χ3n) is 3.94. The van der Waals surface area contributed by atoms with Gasteiger partial charge in [-0.25, -0.2) is 9.78 Å². The molecule has 25 heavy (non-hydrogen) atoms. The molecule has 0 bridgehead atoms. The number of carbonyl (C=O) groups is 1. The average molecular weight is 344 g/mol. The van der Waals surface area contributed by atoms with Crippen molar-refractivity contribution < 1.29 is 9.90 Å². The highest BCUT2D eigenvalue weighted by Crippen LogP contribution is 2.20. The summed E-state index contributed by atoms with van der Waals surface area (Å²) < 4.78 is 2.00. The highest BCUT2D eigenvalue weighted by molar-refractivity contribution is 5.73. The van der Waals surface area contributed by atoms with E-state index in [4.69, 9.17) is 0 Å². The van der Waals surface area contributed by atoms with E-state index in [1.165, 1.54) is 0 Å². The fraction of sp³-hybridized carbons (Fsp3) is 0.474. The first kappa shape index (κ1) is 19.0. The quantitative estimate of drug-likeness (QED) is 0.688. The van der Waals surface area contributed by atoms with Crippen LogP contribution in [-0.4, -0.2) is 33.3 Å². The summed E-state index contributed by atoms with van der Waals surface area (Å²) >= 11 is 0. The van der Waals surface area contributed by atoms with Gasteiger partial charge in [0.05, 0.1) is 12.4 Å². The standard InChI is InChI=1S/C19H28N4O2/c1-15(24)10-19(2,3)13-22-18(25)21-11-16-5-4-6-17(9-16)12-23-8-7-20-14-23/h4-9,14-15,24H,10-13H2,1-3H3,(H2,21,22,25). The van der Waals surface area contributed by atoms with Gasteiger partial charge in [0.15, 0.2) is 0 Å². The van der Waals surface area contributed by atoms with Crippen molar-refractivity contribution in [1.82, 2.24) is 20.2 Å². The number of benzene rings is 1. The Morgan fingerprint density at radius 1 is 1.32 bits per heavy atom. The van der Waals surface area contributed by atoms with Gasteiger partial charge in [-0.2, -0.15) is 0 Å². The molecule has 0 aliphatic heterocycles. The van der Waals surface area contributed by atoms with Crippen LogP contribution in [0.5, 0.6) is 0 Å². The summed E-state index contributed by atoms with van der Waals surface area (Å²) in [5, 5.41) is 15.2. The van der Waals surface area contributed by atoms with Crippen LogP contribution in [0, 0.1) is 5.41 Å². The third-order valence-corrected chi connectivity index (χ3v) is 3.94. The number of aromatic nitrogens is 2. The van der Waals surface area contributed by atoms with Gasteiger partial charge in [-0.15, -0.1) is 0 Å². The van der Waals surface area contributed by atoms with Crippen LogP contribution in [0.2, 0.25) is 0 Å². The summed E-state index contributed by atoms with van der Waals surface area (Å²) in [6, 6.07) is 7.93. The molecule has 1 unspecified atom stereocenters. The predicted octanol–water partition coefficient (Wildman–Crippen LogP) is 2.53. The number of nitrogens with zero attached hydrogens (tertiary/aromatic N) is 2.